The maximum absolute atomic E-state index is 14.0. The average molecular weight is 460 g/mol. The van der Waals surface area contributed by atoms with Gasteiger partial charge >= 0.3 is 0 Å². The lowest BCUT2D eigenvalue weighted by atomic mass is 10.2. The van der Waals surface area contributed by atoms with Gasteiger partial charge in [-0.2, -0.15) is 10.2 Å². The number of anilines is 1. The summed E-state index contributed by atoms with van der Waals surface area (Å²) in [5.74, 6) is -0.210. The number of nitrogens with one attached hydrogen (secondary N) is 1. The van der Waals surface area contributed by atoms with Gasteiger partial charge in [0, 0.05) is 28.0 Å². The number of ether oxygens (including phenoxy) is 1. The first kappa shape index (κ1) is 20.9. The minimum absolute atomic E-state index is 0.0441. The number of hydrogen-bond donors (Lipinski definition) is 1. The van der Waals surface area contributed by atoms with Gasteiger partial charge in [0.15, 0.2) is 6.73 Å². The van der Waals surface area contributed by atoms with E-state index in [1.165, 1.54) is 33.9 Å². The van der Waals surface area contributed by atoms with Gasteiger partial charge in [0.2, 0.25) is 0 Å². The molecule has 0 saturated heterocycles. The number of rotatable bonds is 7. The highest BCUT2D eigenvalue weighted by Crippen LogP contribution is 2.21. The molecule has 7 nitrogen and oxygen atoms in total. The lowest BCUT2D eigenvalue weighted by Crippen LogP contribution is -2.19. The van der Waals surface area contributed by atoms with Crippen LogP contribution in [0.3, 0.4) is 0 Å². The minimum Gasteiger partial charge on any atom is -0.471 e. The van der Waals surface area contributed by atoms with Crippen molar-refractivity contribution >= 4 is 34.8 Å². The van der Waals surface area contributed by atoms with Crippen LogP contribution < -0.4 is 10.1 Å². The van der Waals surface area contributed by atoms with Crippen molar-refractivity contribution < 1.29 is 13.9 Å². The van der Waals surface area contributed by atoms with Gasteiger partial charge in [0.25, 0.3) is 5.91 Å². The first-order valence-corrected chi connectivity index (χ1v) is 9.92. The summed E-state index contributed by atoms with van der Waals surface area (Å²) in [4.78, 5) is 12.7. The van der Waals surface area contributed by atoms with Crippen LogP contribution in [0.1, 0.15) is 16.1 Å². The Hall–Kier alpha value is -3.36. The number of amides is 1. The summed E-state index contributed by atoms with van der Waals surface area (Å²) in [5, 5.41) is 11.9. The van der Waals surface area contributed by atoms with Crippen LogP contribution in [0.5, 0.6) is 5.75 Å². The van der Waals surface area contributed by atoms with Gasteiger partial charge in [-0.15, -0.1) is 0 Å². The largest absolute Gasteiger partial charge is 0.471 e. The molecule has 2 aromatic carbocycles. The highest BCUT2D eigenvalue weighted by atomic mass is 35.5. The number of carbonyl (C=O) groups is 1. The molecule has 0 aliphatic rings. The Bertz CT molecular complexity index is 1190. The third kappa shape index (κ3) is 5.04. The number of aromatic nitrogens is 4. The summed E-state index contributed by atoms with van der Waals surface area (Å²) in [5.41, 5.74) is 1.07. The molecule has 158 valence electrons. The third-order valence-corrected chi connectivity index (χ3v) is 5.00. The molecule has 31 heavy (non-hydrogen) atoms. The number of nitrogens with zero attached hydrogens (tertiary/aromatic N) is 4. The molecule has 0 spiro atoms. The number of benzene rings is 2. The molecule has 0 aliphatic carbocycles. The molecular weight excluding hydrogens is 444 g/mol. The normalized spacial score (nSPS) is 10.8. The van der Waals surface area contributed by atoms with E-state index in [1.54, 1.807) is 42.6 Å². The number of carbonyl (C=O) groups excluding carboxylic acids is 1. The van der Waals surface area contributed by atoms with Crippen molar-refractivity contribution in [2.24, 2.45) is 0 Å². The van der Waals surface area contributed by atoms with Crippen molar-refractivity contribution in [1.29, 1.82) is 0 Å². The van der Waals surface area contributed by atoms with Gasteiger partial charge in [0.1, 0.15) is 17.3 Å². The van der Waals surface area contributed by atoms with Crippen LogP contribution in [0.2, 0.25) is 10.0 Å². The first-order chi connectivity index (χ1) is 15.0. The van der Waals surface area contributed by atoms with Crippen LogP contribution in [0.25, 0.3) is 0 Å². The van der Waals surface area contributed by atoms with Gasteiger partial charge in [-0.3, -0.25) is 9.48 Å². The van der Waals surface area contributed by atoms with Crippen molar-refractivity contribution in [1.82, 2.24) is 19.6 Å². The van der Waals surface area contributed by atoms with E-state index in [9.17, 15) is 9.18 Å². The fourth-order valence-corrected chi connectivity index (χ4v) is 3.20. The Morgan fingerprint density at radius 3 is 2.68 bits per heavy atom. The highest BCUT2D eigenvalue weighted by molar-refractivity contribution is 6.31. The van der Waals surface area contributed by atoms with Crippen molar-refractivity contribution in [3.8, 4) is 5.75 Å². The Balaban J connectivity index is 1.40. The zero-order valence-corrected chi connectivity index (χ0v) is 17.5. The fourth-order valence-electron chi connectivity index (χ4n) is 2.85. The van der Waals surface area contributed by atoms with E-state index in [-0.39, 0.29) is 19.2 Å². The van der Waals surface area contributed by atoms with E-state index in [2.05, 4.69) is 15.5 Å². The van der Waals surface area contributed by atoms with E-state index < -0.39 is 5.82 Å². The molecule has 4 rings (SSSR count). The summed E-state index contributed by atoms with van der Waals surface area (Å²) in [6.07, 6.45) is 4.56. The lowest BCUT2D eigenvalue weighted by molar-refractivity contribution is 0.100. The van der Waals surface area contributed by atoms with Crippen molar-refractivity contribution in [3.63, 3.8) is 0 Å². The molecule has 0 aliphatic heterocycles. The molecule has 2 heterocycles. The molecule has 4 aromatic rings. The maximum atomic E-state index is 14.0. The molecule has 0 atom stereocenters. The second-order valence-electron chi connectivity index (χ2n) is 6.52. The monoisotopic (exact) mass is 459 g/mol. The molecule has 1 amide bonds. The van der Waals surface area contributed by atoms with E-state index in [4.69, 9.17) is 27.9 Å². The molecule has 1 N–H and O–H groups in total. The van der Waals surface area contributed by atoms with Crippen molar-refractivity contribution in [3.05, 3.63) is 94.2 Å². The van der Waals surface area contributed by atoms with Gasteiger partial charge < -0.3 is 10.1 Å². The number of halogens is 3. The fraction of sp³-hybridized carbons (Fsp3) is 0.0952. The third-order valence-electron chi connectivity index (χ3n) is 4.39. The Morgan fingerprint density at radius 2 is 1.90 bits per heavy atom. The van der Waals surface area contributed by atoms with Crippen LogP contribution in [-0.2, 0) is 13.3 Å². The zero-order chi connectivity index (χ0) is 21.8. The van der Waals surface area contributed by atoms with Gasteiger partial charge in [0.05, 0.1) is 18.4 Å². The summed E-state index contributed by atoms with van der Waals surface area (Å²) >= 11 is 11.9. The average Bonchev–Trinajstić information content (AvgIpc) is 3.40. The van der Waals surface area contributed by atoms with Crippen LogP contribution in [0.15, 0.2) is 67.1 Å². The van der Waals surface area contributed by atoms with Crippen LogP contribution >= 0.6 is 23.2 Å². The topological polar surface area (TPSA) is 74.0 Å². The Labute approximate surface area is 187 Å². The molecule has 0 unspecified atom stereocenters. The summed E-state index contributed by atoms with van der Waals surface area (Å²) in [6, 6.07) is 12.9. The van der Waals surface area contributed by atoms with Gasteiger partial charge in [-0.05, 0) is 42.5 Å². The highest BCUT2D eigenvalue weighted by Gasteiger charge is 2.14. The summed E-state index contributed by atoms with van der Waals surface area (Å²) in [7, 11) is 0. The van der Waals surface area contributed by atoms with E-state index in [0.29, 0.717) is 32.7 Å². The minimum atomic E-state index is -0.418. The Morgan fingerprint density at radius 1 is 1.10 bits per heavy atom. The molecule has 2 aromatic heterocycles. The van der Waals surface area contributed by atoms with Crippen molar-refractivity contribution in [2.75, 3.05) is 5.32 Å². The molecule has 0 bridgehead atoms. The summed E-state index contributed by atoms with van der Waals surface area (Å²) < 4.78 is 22.5. The van der Waals surface area contributed by atoms with Crippen LogP contribution in [-0.4, -0.2) is 25.5 Å². The van der Waals surface area contributed by atoms with Crippen LogP contribution in [0.4, 0.5) is 10.1 Å². The molecule has 0 radical (unpaired) electrons. The molecule has 0 saturated carbocycles. The maximum Gasteiger partial charge on any atom is 0.274 e. The molecule has 0 fully saturated rings. The lowest BCUT2D eigenvalue weighted by Gasteiger charge is -2.09. The van der Waals surface area contributed by atoms with E-state index in [0.717, 1.165) is 0 Å². The SMILES string of the molecule is O=C(Nc1cnn(Cc2c(F)cccc2Cl)c1)c1ccnn1COc1ccc(Cl)cc1. The smallest absolute Gasteiger partial charge is 0.274 e. The van der Waals surface area contributed by atoms with E-state index in [1.807, 2.05) is 0 Å². The quantitative estimate of drug-likeness (QED) is 0.428. The van der Waals surface area contributed by atoms with Gasteiger partial charge in [-0.25, -0.2) is 9.07 Å². The second-order valence-corrected chi connectivity index (χ2v) is 7.37. The first-order valence-electron chi connectivity index (χ1n) is 9.16. The second kappa shape index (κ2) is 9.20. The standard InChI is InChI=1S/C21H16Cl2FN5O2/c22-14-4-6-16(7-5-14)31-13-29-20(8-9-25-29)21(30)27-15-10-26-28(11-15)12-17-18(23)2-1-3-19(17)24/h1-11H,12-13H2,(H,27,30). The van der Waals surface area contributed by atoms with Crippen LogP contribution in [0, 0.1) is 5.82 Å². The van der Waals surface area contributed by atoms with E-state index >= 15 is 0 Å². The predicted octanol–water partition coefficient (Wildman–Crippen LogP) is 4.86. The Kier molecular flexibility index (Phi) is 6.20. The van der Waals surface area contributed by atoms with Gasteiger partial charge in [-0.1, -0.05) is 29.3 Å². The molecular formula is C21H16Cl2FN5O2. The molecule has 10 heteroatoms. The summed E-state index contributed by atoms with van der Waals surface area (Å²) in [6.45, 7) is 0.177. The predicted molar refractivity (Wildman–Crippen MR) is 115 cm³/mol. The number of hydrogen-bond acceptors (Lipinski definition) is 4. The van der Waals surface area contributed by atoms with Crippen molar-refractivity contribution in [2.45, 2.75) is 13.3 Å². The zero-order valence-electron chi connectivity index (χ0n) is 16.0.